The molecule has 1 fully saturated rings. The second-order valence-corrected chi connectivity index (χ2v) is 5.69. The predicted octanol–water partition coefficient (Wildman–Crippen LogP) is 1.36. The number of rotatable bonds is 7. The Hall–Kier alpha value is -0.160. The minimum atomic E-state index is 0.331. The zero-order valence-electron chi connectivity index (χ0n) is 12.4. The summed E-state index contributed by atoms with van der Waals surface area (Å²) in [5, 5.41) is 3.54. The van der Waals surface area contributed by atoms with Gasteiger partial charge in [0.15, 0.2) is 0 Å². The van der Waals surface area contributed by atoms with Gasteiger partial charge in [-0.3, -0.25) is 4.90 Å². The van der Waals surface area contributed by atoms with Gasteiger partial charge in [0.25, 0.3) is 0 Å². The SMILES string of the molecule is COCC(CNCC(C)C)N1CCCOC(C)C1. The van der Waals surface area contributed by atoms with E-state index in [1.807, 2.05) is 0 Å². The van der Waals surface area contributed by atoms with Gasteiger partial charge in [0, 0.05) is 39.4 Å². The molecule has 1 rings (SSSR count). The summed E-state index contributed by atoms with van der Waals surface area (Å²) in [6.07, 6.45) is 1.45. The molecule has 1 heterocycles. The summed E-state index contributed by atoms with van der Waals surface area (Å²) in [6, 6.07) is 0.456. The second-order valence-electron chi connectivity index (χ2n) is 5.69. The Balaban J connectivity index is 2.42. The van der Waals surface area contributed by atoms with Gasteiger partial charge in [-0.25, -0.2) is 0 Å². The van der Waals surface area contributed by atoms with Gasteiger partial charge in [-0.1, -0.05) is 13.8 Å². The molecule has 1 aliphatic rings. The molecule has 4 heteroatoms. The van der Waals surface area contributed by atoms with Crippen LogP contribution in [-0.4, -0.2) is 63.5 Å². The standard InChI is InChI=1S/C14H30N2O2/c1-12(2)8-15-9-14(11-17-4)16-6-5-7-18-13(3)10-16/h12-15H,5-11H2,1-4H3. The fourth-order valence-electron chi connectivity index (χ4n) is 2.38. The van der Waals surface area contributed by atoms with Crippen molar-refractivity contribution in [2.24, 2.45) is 5.92 Å². The number of hydrogen-bond donors (Lipinski definition) is 1. The first-order valence-corrected chi connectivity index (χ1v) is 7.18. The van der Waals surface area contributed by atoms with E-state index >= 15 is 0 Å². The van der Waals surface area contributed by atoms with Crippen LogP contribution in [0, 0.1) is 5.92 Å². The number of nitrogens with one attached hydrogen (secondary N) is 1. The topological polar surface area (TPSA) is 33.7 Å². The molecule has 0 aromatic carbocycles. The van der Waals surface area contributed by atoms with Crippen molar-refractivity contribution in [3.05, 3.63) is 0 Å². The average Bonchev–Trinajstić information content (AvgIpc) is 2.52. The molecule has 1 saturated heterocycles. The van der Waals surface area contributed by atoms with Gasteiger partial charge in [-0.2, -0.15) is 0 Å². The lowest BCUT2D eigenvalue weighted by atomic mass is 10.2. The minimum Gasteiger partial charge on any atom is -0.383 e. The van der Waals surface area contributed by atoms with Crippen LogP contribution in [0.3, 0.4) is 0 Å². The highest BCUT2D eigenvalue weighted by atomic mass is 16.5. The summed E-state index contributed by atoms with van der Waals surface area (Å²) in [5.74, 6) is 0.694. The van der Waals surface area contributed by atoms with Crippen molar-refractivity contribution < 1.29 is 9.47 Å². The molecule has 2 atom stereocenters. The summed E-state index contributed by atoms with van der Waals surface area (Å²) in [7, 11) is 1.78. The van der Waals surface area contributed by atoms with Gasteiger partial charge in [0.1, 0.15) is 0 Å². The molecule has 0 spiro atoms. The molecular weight excluding hydrogens is 228 g/mol. The van der Waals surface area contributed by atoms with Crippen LogP contribution in [0.4, 0.5) is 0 Å². The lowest BCUT2D eigenvalue weighted by Crippen LogP contribution is -2.47. The van der Waals surface area contributed by atoms with Crippen molar-refractivity contribution in [3.8, 4) is 0 Å². The highest BCUT2D eigenvalue weighted by Crippen LogP contribution is 2.09. The zero-order valence-corrected chi connectivity index (χ0v) is 12.4. The summed E-state index contributed by atoms with van der Waals surface area (Å²) in [6.45, 7) is 12.5. The third-order valence-electron chi connectivity index (χ3n) is 3.29. The number of methoxy groups -OCH3 is 1. The Labute approximate surface area is 112 Å². The molecule has 18 heavy (non-hydrogen) atoms. The normalized spacial score (nSPS) is 24.2. The maximum atomic E-state index is 5.70. The maximum Gasteiger partial charge on any atom is 0.0674 e. The van der Waals surface area contributed by atoms with E-state index in [0.29, 0.717) is 18.1 Å². The molecule has 0 radical (unpaired) electrons. The highest BCUT2D eigenvalue weighted by molar-refractivity contribution is 4.77. The van der Waals surface area contributed by atoms with Crippen LogP contribution in [0.15, 0.2) is 0 Å². The Morgan fingerprint density at radius 3 is 2.83 bits per heavy atom. The van der Waals surface area contributed by atoms with Crippen molar-refractivity contribution in [2.45, 2.75) is 39.3 Å². The molecule has 0 aromatic heterocycles. The Morgan fingerprint density at radius 2 is 2.17 bits per heavy atom. The lowest BCUT2D eigenvalue weighted by Gasteiger charge is -2.31. The van der Waals surface area contributed by atoms with Gasteiger partial charge in [0.2, 0.25) is 0 Å². The zero-order chi connectivity index (χ0) is 13.4. The molecule has 0 saturated carbocycles. The van der Waals surface area contributed by atoms with Crippen LogP contribution < -0.4 is 5.32 Å². The first kappa shape index (κ1) is 15.9. The third-order valence-corrected chi connectivity index (χ3v) is 3.29. The largest absolute Gasteiger partial charge is 0.383 e. The lowest BCUT2D eigenvalue weighted by molar-refractivity contribution is 0.0451. The van der Waals surface area contributed by atoms with Crippen molar-refractivity contribution in [1.82, 2.24) is 10.2 Å². The fourth-order valence-corrected chi connectivity index (χ4v) is 2.38. The molecule has 1 N–H and O–H groups in total. The smallest absolute Gasteiger partial charge is 0.0674 e. The summed E-state index contributed by atoms with van der Waals surface area (Å²) in [4.78, 5) is 2.51. The molecule has 108 valence electrons. The summed E-state index contributed by atoms with van der Waals surface area (Å²) >= 11 is 0. The molecule has 1 aliphatic heterocycles. The quantitative estimate of drug-likeness (QED) is 0.747. The molecule has 0 aromatic rings. The second kappa shape index (κ2) is 8.86. The van der Waals surface area contributed by atoms with Gasteiger partial charge < -0.3 is 14.8 Å². The summed E-state index contributed by atoms with van der Waals surface area (Å²) in [5.41, 5.74) is 0. The van der Waals surface area contributed by atoms with Crippen LogP contribution in [-0.2, 0) is 9.47 Å². The number of nitrogens with zero attached hydrogens (tertiary/aromatic N) is 1. The van der Waals surface area contributed by atoms with E-state index in [0.717, 1.165) is 45.8 Å². The van der Waals surface area contributed by atoms with E-state index in [2.05, 4.69) is 31.0 Å². The van der Waals surface area contributed by atoms with E-state index < -0.39 is 0 Å². The predicted molar refractivity (Wildman–Crippen MR) is 75.0 cm³/mol. The fraction of sp³-hybridized carbons (Fsp3) is 1.00. The van der Waals surface area contributed by atoms with Crippen LogP contribution in [0.5, 0.6) is 0 Å². The van der Waals surface area contributed by atoms with Gasteiger partial charge in [-0.15, -0.1) is 0 Å². The number of hydrogen-bond acceptors (Lipinski definition) is 4. The first-order chi connectivity index (χ1) is 8.63. The molecule has 2 unspecified atom stereocenters. The number of ether oxygens (including phenoxy) is 2. The van der Waals surface area contributed by atoms with Crippen LogP contribution >= 0.6 is 0 Å². The molecule has 0 amide bonds. The van der Waals surface area contributed by atoms with E-state index in [1.165, 1.54) is 0 Å². The maximum absolute atomic E-state index is 5.70. The van der Waals surface area contributed by atoms with Gasteiger partial charge in [-0.05, 0) is 25.8 Å². The van der Waals surface area contributed by atoms with Crippen LogP contribution in [0.1, 0.15) is 27.2 Å². The van der Waals surface area contributed by atoms with E-state index in [-0.39, 0.29) is 0 Å². The van der Waals surface area contributed by atoms with Crippen molar-refractivity contribution in [2.75, 3.05) is 46.5 Å². The van der Waals surface area contributed by atoms with E-state index in [1.54, 1.807) is 7.11 Å². The Bertz CT molecular complexity index is 212. The van der Waals surface area contributed by atoms with Crippen LogP contribution in [0.2, 0.25) is 0 Å². The van der Waals surface area contributed by atoms with Gasteiger partial charge >= 0.3 is 0 Å². The van der Waals surface area contributed by atoms with E-state index in [9.17, 15) is 0 Å². The third kappa shape index (κ3) is 6.14. The molecular formula is C14H30N2O2. The Kier molecular flexibility index (Phi) is 7.82. The van der Waals surface area contributed by atoms with Gasteiger partial charge in [0.05, 0.1) is 12.7 Å². The van der Waals surface area contributed by atoms with Crippen molar-refractivity contribution in [3.63, 3.8) is 0 Å². The molecule has 4 nitrogen and oxygen atoms in total. The van der Waals surface area contributed by atoms with Crippen molar-refractivity contribution >= 4 is 0 Å². The Morgan fingerprint density at radius 1 is 1.39 bits per heavy atom. The van der Waals surface area contributed by atoms with E-state index in [4.69, 9.17) is 9.47 Å². The first-order valence-electron chi connectivity index (χ1n) is 7.18. The highest BCUT2D eigenvalue weighted by Gasteiger charge is 2.22. The van der Waals surface area contributed by atoms with Crippen LogP contribution in [0.25, 0.3) is 0 Å². The molecule has 0 bridgehead atoms. The summed E-state index contributed by atoms with van der Waals surface area (Å²) < 4.78 is 11.1. The average molecular weight is 258 g/mol. The minimum absolute atomic E-state index is 0.331. The molecule has 0 aliphatic carbocycles. The monoisotopic (exact) mass is 258 g/mol. The van der Waals surface area contributed by atoms with Crippen molar-refractivity contribution in [1.29, 1.82) is 0 Å².